The quantitative estimate of drug-likeness (QED) is 0.731. The van der Waals surface area contributed by atoms with Crippen molar-refractivity contribution in [2.45, 2.75) is 32.6 Å². The average Bonchev–Trinajstić information content (AvgIpc) is 2.27. The van der Waals surface area contributed by atoms with Gasteiger partial charge in [-0.2, -0.15) is 0 Å². The van der Waals surface area contributed by atoms with E-state index in [2.05, 4.69) is 5.32 Å². The second kappa shape index (κ2) is 7.17. The number of nitrogens with one attached hydrogen (secondary N) is 1. The van der Waals surface area contributed by atoms with Crippen molar-refractivity contribution >= 4 is 23.3 Å². The van der Waals surface area contributed by atoms with Crippen LogP contribution in [0.1, 0.15) is 31.2 Å². The molecule has 1 rings (SSSR count). The number of halogens is 1. The van der Waals surface area contributed by atoms with Crippen LogP contribution in [-0.2, 0) is 4.79 Å². The second-order valence-electron chi connectivity index (χ2n) is 4.10. The van der Waals surface area contributed by atoms with Gasteiger partial charge >= 0.3 is 5.97 Å². The van der Waals surface area contributed by atoms with Crippen molar-refractivity contribution in [3.63, 3.8) is 0 Å². The SMILES string of the molecule is Cc1ccc(NCCCCCC(=O)O)cc1Cl. The Bertz CT molecular complexity index is 380. The normalized spacial score (nSPS) is 10.2. The summed E-state index contributed by atoms with van der Waals surface area (Å²) in [5.41, 5.74) is 2.08. The van der Waals surface area contributed by atoms with Gasteiger partial charge in [0.25, 0.3) is 0 Å². The number of anilines is 1. The number of carbonyl (C=O) groups is 1. The first kappa shape index (κ1) is 13.8. The maximum absolute atomic E-state index is 10.3. The first-order valence-corrected chi connectivity index (χ1v) is 6.19. The summed E-state index contributed by atoms with van der Waals surface area (Å²) < 4.78 is 0. The van der Waals surface area contributed by atoms with Crippen LogP contribution in [-0.4, -0.2) is 17.6 Å². The molecule has 1 aromatic rings. The zero-order valence-electron chi connectivity index (χ0n) is 10.0. The van der Waals surface area contributed by atoms with Crippen molar-refractivity contribution in [2.75, 3.05) is 11.9 Å². The molecule has 0 aromatic heterocycles. The van der Waals surface area contributed by atoms with Crippen LogP contribution in [0.5, 0.6) is 0 Å². The maximum atomic E-state index is 10.3. The summed E-state index contributed by atoms with van der Waals surface area (Å²) in [6.45, 7) is 2.82. The monoisotopic (exact) mass is 255 g/mol. The molecule has 0 aliphatic rings. The standard InChI is InChI=1S/C13H18ClNO2/c1-10-6-7-11(9-12(10)14)15-8-4-2-3-5-13(16)17/h6-7,9,15H,2-5,8H2,1H3,(H,16,17). The molecule has 0 radical (unpaired) electrons. The molecule has 2 N–H and O–H groups in total. The molecule has 94 valence electrons. The Balaban J connectivity index is 2.18. The first-order chi connectivity index (χ1) is 8.09. The van der Waals surface area contributed by atoms with Gasteiger partial charge in [0, 0.05) is 23.7 Å². The number of benzene rings is 1. The number of hydrogen-bond donors (Lipinski definition) is 2. The van der Waals surface area contributed by atoms with E-state index in [-0.39, 0.29) is 6.42 Å². The molecule has 3 nitrogen and oxygen atoms in total. The minimum absolute atomic E-state index is 0.260. The van der Waals surface area contributed by atoms with Gasteiger partial charge in [-0.15, -0.1) is 0 Å². The molecule has 0 fully saturated rings. The summed E-state index contributed by atoms with van der Waals surface area (Å²) >= 11 is 6.01. The molecule has 1 aromatic carbocycles. The van der Waals surface area contributed by atoms with Crippen LogP contribution >= 0.6 is 11.6 Å². The summed E-state index contributed by atoms with van der Waals surface area (Å²) in [6.07, 6.45) is 2.90. The molecule has 17 heavy (non-hydrogen) atoms. The molecule has 0 saturated heterocycles. The molecule has 0 spiro atoms. The van der Waals surface area contributed by atoms with Crippen molar-refractivity contribution in [3.05, 3.63) is 28.8 Å². The summed E-state index contributed by atoms with van der Waals surface area (Å²) in [4.78, 5) is 10.3. The van der Waals surface area contributed by atoms with E-state index < -0.39 is 5.97 Å². The summed E-state index contributed by atoms with van der Waals surface area (Å²) in [6, 6.07) is 5.89. The molecule has 0 aliphatic heterocycles. The number of rotatable bonds is 7. The molecule has 0 amide bonds. The van der Waals surface area contributed by atoms with Crippen molar-refractivity contribution < 1.29 is 9.90 Å². The third-order valence-electron chi connectivity index (χ3n) is 2.57. The van der Waals surface area contributed by atoms with Gasteiger partial charge in [-0.05, 0) is 37.5 Å². The van der Waals surface area contributed by atoms with Crippen molar-refractivity contribution in [2.24, 2.45) is 0 Å². The molecule has 0 bridgehead atoms. The Kier molecular flexibility index (Phi) is 5.84. The lowest BCUT2D eigenvalue weighted by atomic mass is 10.2. The van der Waals surface area contributed by atoms with E-state index in [0.717, 1.165) is 42.1 Å². The summed E-state index contributed by atoms with van der Waals surface area (Å²) in [5, 5.41) is 12.5. The van der Waals surface area contributed by atoms with E-state index in [1.165, 1.54) is 0 Å². The van der Waals surface area contributed by atoms with E-state index in [0.29, 0.717) is 0 Å². The predicted octanol–water partition coefficient (Wildman–Crippen LogP) is 3.71. The minimum Gasteiger partial charge on any atom is -0.481 e. The van der Waals surface area contributed by atoms with E-state index in [9.17, 15) is 4.79 Å². The zero-order valence-corrected chi connectivity index (χ0v) is 10.8. The minimum atomic E-state index is -0.719. The Morgan fingerprint density at radius 2 is 2.12 bits per heavy atom. The Morgan fingerprint density at radius 1 is 1.35 bits per heavy atom. The van der Waals surface area contributed by atoms with Crippen LogP contribution in [0.3, 0.4) is 0 Å². The molecular formula is C13H18ClNO2. The first-order valence-electron chi connectivity index (χ1n) is 5.81. The van der Waals surface area contributed by atoms with Gasteiger partial charge in [-0.25, -0.2) is 0 Å². The van der Waals surface area contributed by atoms with Crippen LogP contribution in [0.4, 0.5) is 5.69 Å². The van der Waals surface area contributed by atoms with E-state index in [4.69, 9.17) is 16.7 Å². The highest BCUT2D eigenvalue weighted by molar-refractivity contribution is 6.31. The third-order valence-corrected chi connectivity index (χ3v) is 2.98. The molecule has 0 aliphatic carbocycles. The Hall–Kier alpha value is -1.22. The van der Waals surface area contributed by atoms with Crippen molar-refractivity contribution in [3.8, 4) is 0 Å². The van der Waals surface area contributed by atoms with Crippen LogP contribution in [0.15, 0.2) is 18.2 Å². The lowest BCUT2D eigenvalue weighted by molar-refractivity contribution is -0.137. The van der Waals surface area contributed by atoms with Crippen molar-refractivity contribution in [1.29, 1.82) is 0 Å². The van der Waals surface area contributed by atoms with Crippen LogP contribution in [0.25, 0.3) is 0 Å². The predicted molar refractivity (Wildman–Crippen MR) is 70.8 cm³/mol. The smallest absolute Gasteiger partial charge is 0.303 e. The molecular weight excluding hydrogens is 238 g/mol. The molecule has 0 atom stereocenters. The lowest BCUT2D eigenvalue weighted by Gasteiger charge is -2.07. The van der Waals surface area contributed by atoms with E-state index >= 15 is 0 Å². The highest BCUT2D eigenvalue weighted by Crippen LogP contribution is 2.19. The Morgan fingerprint density at radius 3 is 2.76 bits per heavy atom. The van der Waals surface area contributed by atoms with Gasteiger partial charge in [0.05, 0.1) is 0 Å². The van der Waals surface area contributed by atoms with Gasteiger partial charge < -0.3 is 10.4 Å². The second-order valence-corrected chi connectivity index (χ2v) is 4.50. The van der Waals surface area contributed by atoms with Crippen LogP contribution in [0, 0.1) is 6.92 Å². The largest absolute Gasteiger partial charge is 0.481 e. The van der Waals surface area contributed by atoms with Gasteiger partial charge in [0.1, 0.15) is 0 Å². The zero-order chi connectivity index (χ0) is 12.7. The number of carboxylic acid groups (broad SMARTS) is 1. The van der Waals surface area contributed by atoms with Crippen molar-refractivity contribution in [1.82, 2.24) is 0 Å². The van der Waals surface area contributed by atoms with E-state index in [1.54, 1.807) is 0 Å². The van der Waals surface area contributed by atoms with E-state index in [1.807, 2.05) is 25.1 Å². The molecule has 0 unspecified atom stereocenters. The Labute approximate surface area is 107 Å². The fourth-order valence-electron chi connectivity index (χ4n) is 1.51. The average molecular weight is 256 g/mol. The fourth-order valence-corrected chi connectivity index (χ4v) is 1.69. The summed E-state index contributed by atoms with van der Waals surface area (Å²) in [5.74, 6) is -0.719. The van der Waals surface area contributed by atoms with Gasteiger partial charge in [-0.1, -0.05) is 24.1 Å². The highest BCUT2D eigenvalue weighted by Gasteiger charge is 1.98. The highest BCUT2D eigenvalue weighted by atomic mass is 35.5. The van der Waals surface area contributed by atoms with Crippen LogP contribution < -0.4 is 5.32 Å². The number of carboxylic acids is 1. The maximum Gasteiger partial charge on any atom is 0.303 e. The molecule has 0 saturated carbocycles. The summed E-state index contributed by atoms with van der Waals surface area (Å²) in [7, 11) is 0. The number of aliphatic carboxylic acids is 1. The topological polar surface area (TPSA) is 49.3 Å². The van der Waals surface area contributed by atoms with Gasteiger partial charge in [-0.3, -0.25) is 4.79 Å². The molecule has 0 heterocycles. The van der Waals surface area contributed by atoms with Crippen LogP contribution in [0.2, 0.25) is 5.02 Å². The number of unbranched alkanes of at least 4 members (excludes halogenated alkanes) is 2. The van der Waals surface area contributed by atoms with Gasteiger partial charge in [0.15, 0.2) is 0 Å². The fraction of sp³-hybridized carbons (Fsp3) is 0.462. The third kappa shape index (κ3) is 5.59. The van der Waals surface area contributed by atoms with Gasteiger partial charge in [0.2, 0.25) is 0 Å². The lowest BCUT2D eigenvalue weighted by Crippen LogP contribution is -2.02. The number of hydrogen-bond acceptors (Lipinski definition) is 2. The number of aryl methyl sites for hydroxylation is 1. The molecule has 4 heteroatoms.